The van der Waals surface area contributed by atoms with Gasteiger partial charge in [0.05, 0.1) is 38.5 Å². The number of morpholine rings is 2. The molecule has 0 spiro atoms. The van der Waals surface area contributed by atoms with Crippen molar-refractivity contribution < 1.29 is 9.47 Å². The highest BCUT2D eigenvalue weighted by molar-refractivity contribution is 5.96. The molecule has 0 aliphatic carbocycles. The van der Waals surface area contributed by atoms with Crippen molar-refractivity contribution in [1.82, 2.24) is 24.9 Å². The summed E-state index contributed by atoms with van der Waals surface area (Å²) < 4.78 is 11.3. The number of anilines is 2. The fourth-order valence-electron chi connectivity index (χ4n) is 4.69. The van der Waals surface area contributed by atoms with Crippen LogP contribution in [-0.2, 0) is 9.47 Å². The second-order valence-corrected chi connectivity index (χ2v) is 8.61. The van der Waals surface area contributed by atoms with E-state index >= 15 is 0 Å². The van der Waals surface area contributed by atoms with E-state index in [9.17, 15) is 0 Å². The molecule has 0 radical (unpaired) electrons. The van der Waals surface area contributed by atoms with Crippen LogP contribution in [0.1, 0.15) is 13.8 Å². The molecular formula is C23H27N7O2. The van der Waals surface area contributed by atoms with Crippen LogP contribution in [0.15, 0.2) is 30.5 Å². The number of rotatable bonds is 3. The fourth-order valence-corrected chi connectivity index (χ4v) is 4.69. The summed E-state index contributed by atoms with van der Waals surface area (Å²) in [5.74, 6) is 2.40. The maximum absolute atomic E-state index is 5.68. The number of hydrogen-bond donors (Lipinski definition) is 2. The van der Waals surface area contributed by atoms with Crippen LogP contribution in [0.5, 0.6) is 0 Å². The number of aromatic amines is 2. The van der Waals surface area contributed by atoms with Crippen molar-refractivity contribution in [2.24, 2.45) is 0 Å². The molecule has 2 aliphatic heterocycles. The minimum atomic E-state index is 0.211. The number of benzene rings is 1. The van der Waals surface area contributed by atoms with Gasteiger partial charge in [-0.15, -0.1) is 0 Å². The minimum absolute atomic E-state index is 0.211. The van der Waals surface area contributed by atoms with E-state index in [0.717, 1.165) is 46.7 Å². The first-order valence-corrected chi connectivity index (χ1v) is 11.2. The van der Waals surface area contributed by atoms with Gasteiger partial charge in [0.15, 0.2) is 11.5 Å². The molecule has 2 N–H and O–H groups in total. The lowest BCUT2D eigenvalue weighted by Crippen LogP contribution is -2.46. The van der Waals surface area contributed by atoms with Crippen molar-refractivity contribution in [2.45, 2.75) is 25.9 Å². The normalized spacial score (nSPS) is 22.2. The first-order valence-electron chi connectivity index (χ1n) is 11.2. The summed E-state index contributed by atoms with van der Waals surface area (Å²) in [6, 6.07) is 8.71. The zero-order chi connectivity index (χ0) is 21.7. The minimum Gasteiger partial charge on any atom is -0.377 e. The van der Waals surface area contributed by atoms with Crippen molar-refractivity contribution in [2.75, 3.05) is 49.3 Å². The summed E-state index contributed by atoms with van der Waals surface area (Å²) in [4.78, 5) is 26.2. The van der Waals surface area contributed by atoms with Crippen molar-refractivity contribution in [1.29, 1.82) is 0 Å². The molecule has 166 valence electrons. The zero-order valence-corrected chi connectivity index (χ0v) is 18.3. The van der Waals surface area contributed by atoms with E-state index in [4.69, 9.17) is 24.4 Å². The Morgan fingerprint density at radius 2 is 1.72 bits per heavy atom. The van der Waals surface area contributed by atoms with Crippen LogP contribution in [0.4, 0.5) is 11.8 Å². The quantitative estimate of drug-likeness (QED) is 0.513. The molecule has 3 aromatic heterocycles. The molecule has 2 saturated heterocycles. The van der Waals surface area contributed by atoms with Gasteiger partial charge in [-0.2, -0.15) is 9.97 Å². The van der Waals surface area contributed by atoms with Gasteiger partial charge >= 0.3 is 0 Å². The molecule has 9 nitrogen and oxygen atoms in total. The second-order valence-electron chi connectivity index (χ2n) is 8.61. The Balaban J connectivity index is 1.53. The highest BCUT2D eigenvalue weighted by Crippen LogP contribution is 2.33. The molecule has 2 aliphatic rings. The second kappa shape index (κ2) is 7.75. The fraction of sp³-hybridized carbons (Fsp3) is 0.435. The largest absolute Gasteiger partial charge is 0.377 e. The lowest BCUT2D eigenvalue weighted by molar-refractivity contribution is 0.0973. The average Bonchev–Trinajstić information content (AvgIpc) is 3.46. The SMILES string of the molecule is C[C@@H]1COCCN1c1nc(N2CCOC[C@@H]2C)c2[nH]c(-c3cccc4[nH]ccc34)nc2n1. The Morgan fingerprint density at radius 3 is 2.50 bits per heavy atom. The van der Waals surface area contributed by atoms with Gasteiger partial charge in [0.2, 0.25) is 5.95 Å². The van der Waals surface area contributed by atoms with Gasteiger partial charge in [-0.05, 0) is 26.0 Å². The van der Waals surface area contributed by atoms with Crippen molar-refractivity contribution in [3.63, 3.8) is 0 Å². The Hall–Kier alpha value is -3.17. The van der Waals surface area contributed by atoms with Crippen LogP contribution in [0, 0.1) is 0 Å². The summed E-state index contributed by atoms with van der Waals surface area (Å²) in [6.07, 6.45) is 1.95. The standard InChI is InChI=1S/C23H27N7O2/c1-14-12-31-10-8-29(14)22-19-21(27-23(28-22)30-9-11-32-13-15(30)2)26-20(25-19)17-4-3-5-18-16(17)6-7-24-18/h3-7,14-15,24H,8-13H2,1-2H3,(H,25,26,27,28)/t14-,15+/m0/s1. The van der Waals surface area contributed by atoms with E-state index in [1.807, 2.05) is 12.3 Å². The molecule has 32 heavy (non-hydrogen) atoms. The van der Waals surface area contributed by atoms with E-state index in [1.54, 1.807) is 0 Å². The number of imidazole rings is 1. The lowest BCUT2D eigenvalue weighted by Gasteiger charge is -2.36. The molecular weight excluding hydrogens is 406 g/mol. The smallest absolute Gasteiger partial charge is 0.229 e. The molecule has 9 heteroatoms. The summed E-state index contributed by atoms with van der Waals surface area (Å²) in [6.45, 7) is 8.58. The molecule has 6 rings (SSSR count). The van der Waals surface area contributed by atoms with Crippen LogP contribution < -0.4 is 9.80 Å². The summed E-state index contributed by atoms with van der Waals surface area (Å²) in [5, 5.41) is 1.13. The van der Waals surface area contributed by atoms with E-state index < -0.39 is 0 Å². The maximum atomic E-state index is 5.68. The molecule has 0 amide bonds. The predicted molar refractivity (Wildman–Crippen MR) is 124 cm³/mol. The third kappa shape index (κ3) is 3.20. The number of nitrogens with zero attached hydrogens (tertiary/aromatic N) is 5. The van der Waals surface area contributed by atoms with Crippen molar-refractivity contribution in [3.8, 4) is 11.4 Å². The number of aromatic nitrogens is 5. The number of hydrogen-bond acceptors (Lipinski definition) is 7. The Labute approximate surface area is 185 Å². The topological polar surface area (TPSA) is 95.2 Å². The zero-order valence-electron chi connectivity index (χ0n) is 18.3. The van der Waals surface area contributed by atoms with E-state index in [1.165, 1.54) is 0 Å². The molecule has 5 heterocycles. The third-order valence-electron chi connectivity index (χ3n) is 6.43. The summed E-state index contributed by atoms with van der Waals surface area (Å²) in [7, 11) is 0. The van der Waals surface area contributed by atoms with Gasteiger partial charge in [-0.3, -0.25) is 0 Å². The third-order valence-corrected chi connectivity index (χ3v) is 6.43. The van der Waals surface area contributed by atoms with Gasteiger partial charge in [-0.1, -0.05) is 12.1 Å². The van der Waals surface area contributed by atoms with Gasteiger partial charge in [-0.25, -0.2) is 4.98 Å². The van der Waals surface area contributed by atoms with Gasteiger partial charge in [0.25, 0.3) is 0 Å². The lowest BCUT2D eigenvalue weighted by atomic mass is 10.1. The van der Waals surface area contributed by atoms with E-state index in [2.05, 4.69) is 51.8 Å². The Kier molecular flexibility index (Phi) is 4.73. The van der Waals surface area contributed by atoms with Crippen LogP contribution in [-0.4, -0.2) is 76.5 Å². The van der Waals surface area contributed by atoms with Crippen molar-refractivity contribution >= 4 is 33.8 Å². The van der Waals surface area contributed by atoms with Crippen LogP contribution in [0.2, 0.25) is 0 Å². The monoisotopic (exact) mass is 433 g/mol. The van der Waals surface area contributed by atoms with Gasteiger partial charge < -0.3 is 29.2 Å². The molecule has 0 bridgehead atoms. The van der Waals surface area contributed by atoms with Crippen molar-refractivity contribution in [3.05, 3.63) is 30.5 Å². The first kappa shape index (κ1) is 19.5. The number of nitrogens with one attached hydrogen (secondary N) is 2. The van der Waals surface area contributed by atoms with Crippen LogP contribution >= 0.6 is 0 Å². The van der Waals surface area contributed by atoms with E-state index in [-0.39, 0.29) is 12.1 Å². The van der Waals surface area contributed by atoms with Crippen LogP contribution in [0.25, 0.3) is 33.5 Å². The number of ether oxygens (including phenoxy) is 2. The Morgan fingerprint density at radius 1 is 0.938 bits per heavy atom. The summed E-state index contributed by atoms with van der Waals surface area (Å²) in [5.41, 5.74) is 3.68. The molecule has 0 saturated carbocycles. The Bertz CT molecular complexity index is 1270. The molecule has 2 fully saturated rings. The molecule has 0 unspecified atom stereocenters. The van der Waals surface area contributed by atoms with Crippen LogP contribution in [0.3, 0.4) is 0 Å². The summed E-state index contributed by atoms with van der Waals surface area (Å²) >= 11 is 0. The molecule has 2 atom stereocenters. The molecule has 1 aromatic carbocycles. The molecule has 4 aromatic rings. The van der Waals surface area contributed by atoms with Gasteiger partial charge in [0, 0.05) is 35.8 Å². The van der Waals surface area contributed by atoms with Gasteiger partial charge in [0.1, 0.15) is 11.3 Å². The average molecular weight is 434 g/mol. The number of H-pyrrole nitrogens is 2. The maximum Gasteiger partial charge on any atom is 0.229 e. The van der Waals surface area contributed by atoms with E-state index in [0.29, 0.717) is 38.0 Å². The highest BCUT2D eigenvalue weighted by Gasteiger charge is 2.28. The first-order chi connectivity index (χ1) is 15.7. The number of fused-ring (bicyclic) bond motifs is 2. The predicted octanol–water partition coefficient (Wildman–Crippen LogP) is 2.95. The highest BCUT2D eigenvalue weighted by atomic mass is 16.5.